The minimum absolute atomic E-state index is 0.0575. The third-order valence-corrected chi connectivity index (χ3v) is 6.01. The Labute approximate surface area is 202 Å². The Morgan fingerprint density at radius 3 is 2.31 bits per heavy atom. The minimum Gasteiger partial charge on any atom is -0.423 e. The number of amides is 3. The van der Waals surface area contributed by atoms with E-state index in [1.54, 1.807) is 36.4 Å². The minimum atomic E-state index is -4.86. The van der Waals surface area contributed by atoms with Crippen LogP contribution in [0.5, 0.6) is 11.5 Å². The first-order valence-electron chi connectivity index (χ1n) is 10.9. The maximum Gasteiger partial charge on any atom is 0.573 e. The third-order valence-electron chi connectivity index (χ3n) is 6.01. The Bertz CT molecular complexity index is 1320. The van der Waals surface area contributed by atoms with Gasteiger partial charge in [0.25, 0.3) is 5.91 Å². The number of urea groups is 1. The molecule has 0 bridgehead atoms. The second kappa shape index (κ2) is 8.67. The number of rotatable bonds is 6. The number of ether oxygens (including phenoxy) is 2. The molecule has 0 N–H and O–H groups in total. The van der Waals surface area contributed by atoms with Gasteiger partial charge in [0.2, 0.25) is 0 Å². The van der Waals surface area contributed by atoms with E-state index in [0.717, 1.165) is 17.0 Å². The molecule has 3 amide bonds. The third kappa shape index (κ3) is 4.35. The van der Waals surface area contributed by atoms with Crippen LogP contribution in [0.25, 0.3) is 0 Å². The molecular formula is C25H18F3N3O5. The lowest BCUT2D eigenvalue weighted by Crippen LogP contribution is -2.37. The summed E-state index contributed by atoms with van der Waals surface area (Å²) in [6.45, 7) is -0.0575. The molecule has 0 unspecified atom stereocenters. The highest BCUT2D eigenvalue weighted by atomic mass is 19.4. The summed E-state index contributed by atoms with van der Waals surface area (Å²) in [6, 6.07) is 13.9. The van der Waals surface area contributed by atoms with Gasteiger partial charge in [-0.1, -0.05) is 18.2 Å². The number of alkyl halides is 3. The maximum absolute atomic E-state index is 13.4. The molecule has 0 radical (unpaired) electrons. The predicted octanol–water partition coefficient (Wildman–Crippen LogP) is 4.70. The van der Waals surface area contributed by atoms with Crippen LogP contribution in [0.3, 0.4) is 0 Å². The van der Waals surface area contributed by atoms with E-state index < -0.39 is 35.6 Å². The summed E-state index contributed by atoms with van der Waals surface area (Å²) < 4.78 is 46.6. The van der Waals surface area contributed by atoms with Crippen molar-refractivity contribution in [2.24, 2.45) is 0 Å². The molecule has 2 aliphatic rings. The average molecular weight is 497 g/mol. The summed E-state index contributed by atoms with van der Waals surface area (Å²) in [5, 5.41) is 0. The first kappa shape index (κ1) is 23.3. The number of para-hydroxylation sites is 1. The summed E-state index contributed by atoms with van der Waals surface area (Å²) in [4.78, 5) is 45.7. The zero-order valence-electron chi connectivity index (χ0n) is 18.6. The van der Waals surface area contributed by atoms with Crippen molar-refractivity contribution in [2.75, 3.05) is 4.90 Å². The van der Waals surface area contributed by atoms with Gasteiger partial charge in [-0.15, -0.1) is 13.2 Å². The van der Waals surface area contributed by atoms with Crippen LogP contribution < -0.4 is 14.4 Å². The van der Waals surface area contributed by atoms with Crippen LogP contribution in [-0.2, 0) is 11.3 Å². The van der Waals surface area contributed by atoms with E-state index in [-0.39, 0.29) is 17.8 Å². The van der Waals surface area contributed by atoms with Gasteiger partial charge in [0.05, 0.1) is 11.3 Å². The fourth-order valence-electron chi connectivity index (χ4n) is 4.13. The highest BCUT2D eigenvalue weighted by Gasteiger charge is 2.65. The summed E-state index contributed by atoms with van der Waals surface area (Å²) in [5.41, 5.74) is -0.368. The summed E-state index contributed by atoms with van der Waals surface area (Å²) in [6.07, 6.45) is -1.20. The zero-order valence-corrected chi connectivity index (χ0v) is 18.6. The van der Waals surface area contributed by atoms with Crippen molar-refractivity contribution in [3.63, 3.8) is 0 Å². The number of nitrogens with zero attached hydrogens (tertiary/aromatic N) is 3. The lowest BCUT2D eigenvalue weighted by molar-refractivity contribution is -0.274. The summed E-state index contributed by atoms with van der Waals surface area (Å²) in [7, 11) is 0. The Balaban J connectivity index is 1.39. The number of esters is 1. The molecule has 1 saturated heterocycles. The molecule has 1 aliphatic heterocycles. The number of benzene rings is 2. The van der Waals surface area contributed by atoms with E-state index in [1.807, 2.05) is 0 Å². The van der Waals surface area contributed by atoms with Crippen LogP contribution in [0.4, 0.5) is 23.7 Å². The number of pyridine rings is 1. The first-order chi connectivity index (χ1) is 17.2. The molecule has 5 rings (SSSR count). The molecular weight excluding hydrogens is 479 g/mol. The Morgan fingerprint density at radius 1 is 0.972 bits per heavy atom. The van der Waals surface area contributed by atoms with Gasteiger partial charge in [-0.2, -0.15) is 0 Å². The number of carbonyl (C=O) groups is 3. The summed E-state index contributed by atoms with van der Waals surface area (Å²) >= 11 is 0. The smallest absolute Gasteiger partial charge is 0.423 e. The fourth-order valence-corrected chi connectivity index (χ4v) is 4.13. The van der Waals surface area contributed by atoms with Gasteiger partial charge in [0, 0.05) is 18.9 Å². The molecule has 11 heteroatoms. The molecule has 184 valence electrons. The number of carbonyl (C=O) groups excluding carboxylic acids is 3. The molecule has 2 heterocycles. The van der Waals surface area contributed by atoms with Gasteiger partial charge in [0.1, 0.15) is 17.0 Å². The van der Waals surface area contributed by atoms with Crippen LogP contribution in [0, 0.1) is 0 Å². The van der Waals surface area contributed by atoms with Gasteiger partial charge in [-0.25, -0.2) is 14.5 Å². The first-order valence-corrected chi connectivity index (χ1v) is 10.9. The molecule has 1 aliphatic carbocycles. The monoisotopic (exact) mass is 497 g/mol. The molecule has 1 saturated carbocycles. The van der Waals surface area contributed by atoms with Gasteiger partial charge in [-0.3, -0.25) is 9.78 Å². The molecule has 0 atom stereocenters. The Morgan fingerprint density at radius 2 is 1.67 bits per heavy atom. The topological polar surface area (TPSA) is 89.0 Å². The highest BCUT2D eigenvalue weighted by Crippen LogP contribution is 2.50. The number of aromatic nitrogens is 1. The van der Waals surface area contributed by atoms with Crippen LogP contribution in [0.15, 0.2) is 73.1 Å². The van der Waals surface area contributed by atoms with Crippen LogP contribution >= 0.6 is 0 Å². The van der Waals surface area contributed by atoms with E-state index in [9.17, 15) is 27.6 Å². The number of hydrogen-bond acceptors (Lipinski definition) is 6. The van der Waals surface area contributed by atoms with Crippen molar-refractivity contribution < 1.29 is 37.0 Å². The van der Waals surface area contributed by atoms with Gasteiger partial charge < -0.3 is 14.4 Å². The van der Waals surface area contributed by atoms with E-state index >= 15 is 0 Å². The number of imide groups is 1. The maximum atomic E-state index is 13.4. The van der Waals surface area contributed by atoms with Crippen LogP contribution in [0.1, 0.15) is 28.8 Å². The van der Waals surface area contributed by atoms with Gasteiger partial charge in [-0.05, 0) is 60.9 Å². The molecule has 36 heavy (non-hydrogen) atoms. The molecule has 3 aromatic rings. The molecule has 2 aromatic carbocycles. The van der Waals surface area contributed by atoms with Crippen molar-refractivity contribution in [2.45, 2.75) is 31.3 Å². The largest absolute Gasteiger partial charge is 0.573 e. The van der Waals surface area contributed by atoms with Gasteiger partial charge in [0.15, 0.2) is 0 Å². The molecule has 2 fully saturated rings. The van der Waals surface area contributed by atoms with E-state index in [2.05, 4.69) is 9.72 Å². The SMILES string of the molecule is O=C(Oc1ccccc1)c1cnccc1CN1C(=O)N(c2ccc(OC(F)(F)F)cc2)C(=O)C12CC2. The number of halogens is 3. The lowest BCUT2D eigenvalue weighted by atomic mass is 10.1. The van der Waals surface area contributed by atoms with Gasteiger partial charge >= 0.3 is 18.4 Å². The second-order valence-corrected chi connectivity index (χ2v) is 8.32. The normalized spacial score (nSPS) is 16.4. The molecule has 1 aromatic heterocycles. The number of hydrogen-bond donors (Lipinski definition) is 0. The molecule has 1 spiro atoms. The quantitative estimate of drug-likeness (QED) is 0.279. The van der Waals surface area contributed by atoms with Crippen molar-refractivity contribution >= 4 is 23.6 Å². The van der Waals surface area contributed by atoms with E-state index in [0.29, 0.717) is 24.2 Å². The van der Waals surface area contributed by atoms with Crippen molar-refractivity contribution in [1.29, 1.82) is 0 Å². The van der Waals surface area contributed by atoms with E-state index in [4.69, 9.17) is 4.74 Å². The fraction of sp³-hybridized carbons (Fsp3) is 0.200. The average Bonchev–Trinajstić information content (AvgIpc) is 3.62. The van der Waals surface area contributed by atoms with Crippen molar-refractivity contribution in [1.82, 2.24) is 9.88 Å². The van der Waals surface area contributed by atoms with Crippen LogP contribution in [-0.4, -0.2) is 39.7 Å². The second-order valence-electron chi connectivity index (χ2n) is 8.32. The van der Waals surface area contributed by atoms with Crippen molar-refractivity contribution in [3.05, 3.63) is 84.2 Å². The standard InChI is InChI=1S/C25H18F3N3O5/c26-25(27,28)36-19-8-6-17(7-9-19)31-22(33)24(11-12-24)30(23(31)34)15-16-10-13-29-14-20(16)21(32)35-18-4-2-1-3-5-18/h1-10,13-14H,11-12,15H2. The zero-order chi connectivity index (χ0) is 25.5. The van der Waals surface area contributed by atoms with E-state index in [1.165, 1.54) is 29.4 Å². The van der Waals surface area contributed by atoms with Crippen molar-refractivity contribution in [3.8, 4) is 11.5 Å². The summed E-state index contributed by atoms with van der Waals surface area (Å²) in [5.74, 6) is -1.27. The van der Waals surface area contributed by atoms with Crippen LogP contribution in [0.2, 0.25) is 0 Å². The highest BCUT2D eigenvalue weighted by molar-refractivity contribution is 6.24. The number of anilines is 1. The molecule has 8 nitrogen and oxygen atoms in total. The Hall–Kier alpha value is -4.41. The lowest BCUT2D eigenvalue weighted by Gasteiger charge is -2.22. The Kier molecular flexibility index (Phi) is 5.62. The predicted molar refractivity (Wildman–Crippen MR) is 119 cm³/mol.